The third-order valence-electron chi connectivity index (χ3n) is 6.35. The Bertz CT molecular complexity index is 1160. The summed E-state index contributed by atoms with van der Waals surface area (Å²) in [6, 6.07) is 20.7. The molecule has 0 saturated carbocycles. The fourth-order valence-corrected chi connectivity index (χ4v) is 4.57. The Hall–Kier alpha value is -3.28. The van der Waals surface area contributed by atoms with Crippen LogP contribution in [0.4, 0.5) is 4.39 Å². The largest absolute Gasteiger partial charge is 0.391 e. The summed E-state index contributed by atoms with van der Waals surface area (Å²) in [5.41, 5.74) is 11.2. The molecule has 3 aromatic rings. The van der Waals surface area contributed by atoms with Crippen LogP contribution in [-0.4, -0.2) is 34.6 Å². The molecule has 1 amide bonds. The van der Waals surface area contributed by atoms with Gasteiger partial charge in [-0.15, -0.1) is 0 Å². The summed E-state index contributed by atoms with van der Waals surface area (Å²) in [7, 11) is 0. The maximum atomic E-state index is 14.9. The van der Waals surface area contributed by atoms with Gasteiger partial charge in [0.15, 0.2) is 0 Å². The van der Waals surface area contributed by atoms with Crippen molar-refractivity contribution in [2.24, 2.45) is 5.73 Å². The number of benzene rings is 3. The average Bonchev–Trinajstić information content (AvgIpc) is 2.80. The van der Waals surface area contributed by atoms with Crippen molar-refractivity contribution in [1.82, 2.24) is 4.90 Å². The second-order valence-corrected chi connectivity index (χ2v) is 8.60. The number of hydrogen-bond donors (Lipinski definition) is 2. The highest BCUT2D eigenvalue weighted by Crippen LogP contribution is 2.27. The SMILES string of the molecule is Cc1c(/C=C/c2ccc(CN3CCCC(O)C3C(N)=O)cc2F)cccc1-c1ccccc1. The zero-order chi connectivity index (χ0) is 23.4. The van der Waals surface area contributed by atoms with E-state index >= 15 is 0 Å². The van der Waals surface area contributed by atoms with Crippen LogP contribution in [0.15, 0.2) is 66.7 Å². The third-order valence-corrected chi connectivity index (χ3v) is 6.35. The molecule has 170 valence electrons. The predicted molar refractivity (Wildman–Crippen MR) is 131 cm³/mol. The molecule has 2 atom stereocenters. The molecule has 1 heterocycles. The number of hydrogen-bond acceptors (Lipinski definition) is 3. The van der Waals surface area contributed by atoms with Gasteiger partial charge in [-0.2, -0.15) is 0 Å². The molecule has 1 saturated heterocycles. The molecular weight excluding hydrogens is 415 g/mol. The topological polar surface area (TPSA) is 66.6 Å². The lowest BCUT2D eigenvalue weighted by Crippen LogP contribution is -2.54. The van der Waals surface area contributed by atoms with Crippen LogP contribution in [0.25, 0.3) is 23.3 Å². The number of carbonyl (C=O) groups excluding carboxylic acids is 1. The molecule has 4 rings (SSSR count). The lowest BCUT2D eigenvalue weighted by molar-refractivity contribution is -0.130. The van der Waals surface area contributed by atoms with Crippen molar-refractivity contribution in [3.63, 3.8) is 0 Å². The molecule has 4 nitrogen and oxygen atoms in total. The van der Waals surface area contributed by atoms with E-state index in [1.807, 2.05) is 47.4 Å². The molecule has 3 aromatic carbocycles. The summed E-state index contributed by atoms with van der Waals surface area (Å²) in [6.07, 6.45) is 4.26. The maximum absolute atomic E-state index is 14.9. The molecule has 1 aliphatic heterocycles. The molecule has 0 bridgehead atoms. The van der Waals surface area contributed by atoms with Crippen molar-refractivity contribution < 1.29 is 14.3 Å². The highest BCUT2D eigenvalue weighted by atomic mass is 19.1. The van der Waals surface area contributed by atoms with Crippen molar-refractivity contribution in [1.29, 1.82) is 0 Å². The molecule has 2 unspecified atom stereocenters. The Morgan fingerprint density at radius 3 is 2.58 bits per heavy atom. The standard InChI is InChI=1S/C28H29FN2O2/c1-19-21(9-5-10-24(19)22-7-3-2-4-8-22)14-15-23-13-12-20(17-25(23)29)18-31-16-6-11-26(32)27(31)28(30)33/h2-5,7-10,12-15,17,26-27,32H,6,11,16,18H2,1H3,(H2,30,33)/b15-14+. The minimum absolute atomic E-state index is 0.325. The first-order chi connectivity index (χ1) is 15.9. The van der Waals surface area contributed by atoms with Gasteiger partial charge in [-0.25, -0.2) is 4.39 Å². The Morgan fingerprint density at radius 1 is 1.09 bits per heavy atom. The summed E-state index contributed by atoms with van der Waals surface area (Å²) < 4.78 is 14.9. The Kier molecular flexibility index (Phi) is 7.02. The fourth-order valence-electron chi connectivity index (χ4n) is 4.57. The minimum atomic E-state index is -0.779. The molecule has 5 heteroatoms. The number of halogens is 1. The summed E-state index contributed by atoms with van der Waals surface area (Å²) in [5, 5.41) is 10.2. The van der Waals surface area contributed by atoms with Gasteiger partial charge in [0.2, 0.25) is 5.91 Å². The molecule has 0 spiro atoms. The molecule has 0 aromatic heterocycles. The van der Waals surface area contributed by atoms with Crippen LogP contribution < -0.4 is 5.73 Å². The first-order valence-corrected chi connectivity index (χ1v) is 11.3. The van der Waals surface area contributed by atoms with Crippen molar-refractivity contribution in [2.45, 2.75) is 38.5 Å². The highest BCUT2D eigenvalue weighted by molar-refractivity contribution is 5.80. The van der Waals surface area contributed by atoms with Crippen molar-refractivity contribution in [3.8, 4) is 11.1 Å². The third kappa shape index (κ3) is 5.21. The van der Waals surface area contributed by atoms with E-state index in [2.05, 4.69) is 25.1 Å². The summed E-state index contributed by atoms with van der Waals surface area (Å²) in [5.74, 6) is -0.871. The number of amides is 1. The van der Waals surface area contributed by atoms with Gasteiger partial charge in [-0.3, -0.25) is 9.69 Å². The van der Waals surface area contributed by atoms with Crippen LogP contribution in [0.1, 0.15) is 35.1 Å². The van der Waals surface area contributed by atoms with Gasteiger partial charge in [0.1, 0.15) is 11.9 Å². The highest BCUT2D eigenvalue weighted by Gasteiger charge is 2.34. The van der Waals surface area contributed by atoms with Crippen molar-refractivity contribution in [3.05, 3.63) is 94.8 Å². The molecule has 33 heavy (non-hydrogen) atoms. The molecule has 1 aliphatic rings. The van der Waals surface area contributed by atoms with E-state index in [0.717, 1.165) is 34.2 Å². The second-order valence-electron chi connectivity index (χ2n) is 8.60. The number of aliphatic hydroxyl groups is 1. The van der Waals surface area contributed by atoms with Gasteiger partial charge in [0, 0.05) is 12.1 Å². The van der Waals surface area contributed by atoms with Gasteiger partial charge >= 0.3 is 0 Å². The zero-order valence-corrected chi connectivity index (χ0v) is 18.7. The molecule has 0 radical (unpaired) electrons. The van der Waals surface area contributed by atoms with Crippen LogP contribution in [0, 0.1) is 12.7 Å². The lowest BCUT2D eigenvalue weighted by atomic mass is 9.96. The maximum Gasteiger partial charge on any atom is 0.237 e. The van der Waals surface area contributed by atoms with Gasteiger partial charge in [0.05, 0.1) is 6.10 Å². The van der Waals surface area contributed by atoms with Crippen LogP contribution in [0.3, 0.4) is 0 Å². The van der Waals surface area contributed by atoms with Gasteiger partial charge in [-0.1, -0.05) is 72.8 Å². The minimum Gasteiger partial charge on any atom is -0.391 e. The van der Waals surface area contributed by atoms with Gasteiger partial charge in [0.25, 0.3) is 0 Å². The average molecular weight is 445 g/mol. The quantitative estimate of drug-likeness (QED) is 0.538. The van der Waals surface area contributed by atoms with E-state index in [4.69, 9.17) is 5.73 Å². The zero-order valence-electron chi connectivity index (χ0n) is 18.7. The number of nitrogens with two attached hydrogens (primary N) is 1. The van der Waals surface area contributed by atoms with E-state index in [-0.39, 0.29) is 5.82 Å². The molecular formula is C28H29FN2O2. The van der Waals surface area contributed by atoms with E-state index in [9.17, 15) is 14.3 Å². The number of primary amides is 1. The summed E-state index contributed by atoms with van der Waals surface area (Å²) >= 11 is 0. The molecule has 3 N–H and O–H groups in total. The number of carbonyl (C=O) groups is 1. The molecule has 1 fully saturated rings. The monoisotopic (exact) mass is 444 g/mol. The van der Waals surface area contributed by atoms with Gasteiger partial charge in [-0.05, 0) is 60.2 Å². The lowest BCUT2D eigenvalue weighted by Gasteiger charge is -2.37. The Balaban J connectivity index is 1.52. The number of rotatable bonds is 6. The number of nitrogens with zero attached hydrogens (tertiary/aromatic N) is 1. The first kappa shape index (κ1) is 22.9. The summed E-state index contributed by atoms with van der Waals surface area (Å²) in [4.78, 5) is 13.6. The van der Waals surface area contributed by atoms with E-state index in [0.29, 0.717) is 25.1 Å². The van der Waals surface area contributed by atoms with E-state index in [1.54, 1.807) is 12.1 Å². The van der Waals surface area contributed by atoms with Crippen LogP contribution >= 0.6 is 0 Å². The Labute approximate surface area is 194 Å². The predicted octanol–water partition coefficient (Wildman–Crippen LogP) is 4.78. The number of likely N-dealkylation sites (tertiary alicyclic amines) is 1. The smallest absolute Gasteiger partial charge is 0.237 e. The van der Waals surface area contributed by atoms with Crippen molar-refractivity contribution in [2.75, 3.05) is 6.54 Å². The van der Waals surface area contributed by atoms with Crippen LogP contribution in [0.5, 0.6) is 0 Å². The van der Waals surface area contributed by atoms with E-state index < -0.39 is 18.1 Å². The van der Waals surface area contributed by atoms with E-state index in [1.165, 1.54) is 6.07 Å². The van der Waals surface area contributed by atoms with Gasteiger partial charge < -0.3 is 10.8 Å². The molecule has 0 aliphatic carbocycles. The first-order valence-electron chi connectivity index (χ1n) is 11.3. The second kappa shape index (κ2) is 10.1. The van der Waals surface area contributed by atoms with Crippen molar-refractivity contribution >= 4 is 18.1 Å². The normalized spacial score (nSPS) is 19.1. The van der Waals surface area contributed by atoms with Crippen LogP contribution in [0.2, 0.25) is 0 Å². The Morgan fingerprint density at radius 2 is 1.85 bits per heavy atom. The summed E-state index contributed by atoms with van der Waals surface area (Å²) in [6.45, 7) is 3.08. The fraction of sp³-hybridized carbons (Fsp3) is 0.250. The number of aliphatic hydroxyl groups excluding tert-OH is 1. The van der Waals surface area contributed by atoms with Crippen LogP contribution in [-0.2, 0) is 11.3 Å². The number of piperidine rings is 1.